The molecule has 4 unspecified atom stereocenters. The second kappa shape index (κ2) is 5.88. The van der Waals surface area contributed by atoms with Crippen molar-refractivity contribution in [3.63, 3.8) is 0 Å². The third-order valence-electron chi connectivity index (χ3n) is 5.77. The van der Waals surface area contributed by atoms with Gasteiger partial charge < -0.3 is 5.32 Å². The highest BCUT2D eigenvalue weighted by Gasteiger charge is 2.32. The molecule has 0 radical (unpaired) electrons. The Morgan fingerprint density at radius 3 is 2.65 bits per heavy atom. The van der Waals surface area contributed by atoms with Crippen molar-refractivity contribution in [3.8, 4) is 0 Å². The molecule has 4 atom stereocenters. The molecule has 3 nitrogen and oxygen atoms in total. The predicted octanol–water partition coefficient (Wildman–Crippen LogP) is 3.74. The average molecular weight is 275 g/mol. The Kier molecular flexibility index (Phi) is 4.16. The van der Waals surface area contributed by atoms with Gasteiger partial charge >= 0.3 is 0 Å². The van der Waals surface area contributed by atoms with E-state index in [9.17, 15) is 0 Å². The molecule has 2 aliphatic rings. The van der Waals surface area contributed by atoms with Gasteiger partial charge in [0.25, 0.3) is 0 Å². The summed E-state index contributed by atoms with van der Waals surface area (Å²) in [5.41, 5.74) is 2.65. The second-order valence-electron chi connectivity index (χ2n) is 7.01. The molecule has 0 spiro atoms. The largest absolute Gasteiger partial charge is 0.307 e. The molecule has 1 aromatic rings. The number of rotatable bonds is 3. The van der Waals surface area contributed by atoms with Crippen molar-refractivity contribution in [2.45, 2.75) is 70.9 Å². The zero-order valence-electron chi connectivity index (χ0n) is 13.2. The van der Waals surface area contributed by atoms with E-state index >= 15 is 0 Å². The Morgan fingerprint density at radius 2 is 1.95 bits per heavy atom. The molecular formula is C17H29N3. The van der Waals surface area contributed by atoms with E-state index in [1.807, 2.05) is 17.9 Å². The van der Waals surface area contributed by atoms with E-state index in [2.05, 4.69) is 24.3 Å². The van der Waals surface area contributed by atoms with E-state index in [1.54, 1.807) is 0 Å². The van der Waals surface area contributed by atoms with Crippen LogP contribution < -0.4 is 5.32 Å². The Bertz CT molecular complexity index is 451. The number of nitrogens with zero attached hydrogens (tertiary/aromatic N) is 2. The molecule has 1 N–H and O–H groups in total. The van der Waals surface area contributed by atoms with Gasteiger partial charge in [0, 0.05) is 30.4 Å². The van der Waals surface area contributed by atoms with Crippen molar-refractivity contribution in [2.75, 3.05) is 0 Å². The monoisotopic (exact) mass is 275 g/mol. The third kappa shape index (κ3) is 2.78. The number of hydrogen-bond acceptors (Lipinski definition) is 2. The normalized spacial score (nSPS) is 31.9. The minimum absolute atomic E-state index is 0.425. The van der Waals surface area contributed by atoms with Crippen LogP contribution in [-0.4, -0.2) is 15.8 Å². The molecule has 2 aliphatic carbocycles. The molecule has 0 saturated heterocycles. The summed E-state index contributed by atoms with van der Waals surface area (Å²) in [5.74, 6) is 2.04. The van der Waals surface area contributed by atoms with Gasteiger partial charge in [-0.25, -0.2) is 0 Å². The summed E-state index contributed by atoms with van der Waals surface area (Å²) in [6.07, 6.45) is 12.1. The SMILES string of the molecule is Cc1c(C(C)NC2CCC3CCCCC3C2)cnn1C. The summed E-state index contributed by atoms with van der Waals surface area (Å²) in [6, 6.07) is 1.14. The van der Waals surface area contributed by atoms with Crippen LogP contribution in [0.1, 0.15) is 69.2 Å². The first-order chi connectivity index (χ1) is 9.65. The lowest BCUT2D eigenvalue weighted by Gasteiger charge is -2.40. The second-order valence-corrected chi connectivity index (χ2v) is 7.01. The zero-order valence-corrected chi connectivity index (χ0v) is 13.2. The third-order valence-corrected chi connectivity index (χ3v) is 5.77. The lowest BCUT2D eigenvalue weighted by atomic mass is 9.69. The van der Waals surface area contributed by atoms with Crippen LogP contribution in [0.4, 0.5) is 0 Å². The number of fused-ring (bicyclic) bond motifs is 1. The summed E-state index contributed by atoms with van der Waals surface area (Å²) in [4.78, 5) is 0. The van der Waals surface area contributed by atoms with Crippen LogP contribution >= 0.6 is 0 Å². The molecule has 2 fully saturated rings. The van der Waals surface area contributed by atoms with Crippen molar-refractivity contribution in [1.82, 2.24) is 15.1 Å². The molecule has 0 amide bonds. The van der Waals surface area contributed by atoms with E-state index in [0.29, 0.717) is 12.1 Å². The van der Waals surface area contributed by atoms with Gasteiger partial charge in [-0.3, -0.25) is 4.68 Å². The molecule has 3 heteroatoms. The van der Waals surface area contributed by atoms with Gasteiger partial charge in [0.2, 0.25) is 0 Å². The molecule has 2 saturated carbocycles. The Labute approximate surface area is 123 Å². The van der Waals surface area contributed by atoms with E-state index in [-0.39, 0.29) is 0 Å². The number of nitrogens with one attached hydrogen (secondary N) is 1. The van der Waals surface area contributed by atoms with Gasteiger partial charge in [-0.2, -0.15) is 5.10 Å². The van der Waals surface area contributed by atoms with Crippen LogP contribution in [0.15, 0.2) is 6.20 Å². The first-order valence-corrected chi connectivity index (χ1v) is 8.39. The summed E-state index contributed by atoms with van der Waals surface area (Å²) < 4.78 is 1.98. The van der Waals surface area contributed by atoms with Crippen molar-refractivity contribution >= 4 is 0 Å². The maximum Gasteiger partial charge on any atom is 0.0540 e. The maximum atomic E-state index is 4.37. The fraction of sp³-hybridized carbons (Fsp3) is 0.824. The topological polar surface area (TPSA) is 29.9 Å². The number of aromatic nitrogens is 2. The van der Waals surface area contributed by atoms with Gasteiger partial charge in [0.1, 0.15) is 0 Å². The quantitative estimate of drug-likeness (QED) is 0.910. The van der Waals surface area contributed by atoms with Crippen LogP contribution in [0.3, 0.4) is 0 Å². The molecular weight excluding hydrogens is 246 g/mol. The van der Waals surface area contributed by atoms with Gasteiger partial charge in [-0.05, 0) is 44.9 Å². The fourth-order valence-corrected chi connectivity index (χ4v) is 4.41. The summed E-state index contributed by atoms with van der Waals surface area (Å²) >= 11 is 0. The smallest absolute Gasteiger partial charge is 0.0540 e. The first kappa shape index (κ1) is 14.1. The lowest BCUT2D eigenvalue weighted by molar-refractivity contribution is 0.139. The van der Waals surface area contributed by atoms with E-state index in [4.69, 9.17) is 0 Å². The Morgan fingerprint density at radius 1 is 1.20 bits per heavy atom. The van der Waals surface area contributed by atoms with Gasteiger partial charge in [0.15, 0.2) is 0 Å². The Hall–Kier alpha value is -0.830. The van der Waals surface area contributed by atoms with Crippen LogP contribution in [0.25, 0.3) is 0 Å². The molecule has 1 heterocycles. The number of aryl methyl sites for hydroxylation is 1. The van der Waals surface area contributed by atoms with Gasteiger partial charge in [-0.15, -0.1) is 0 Å². The first-order valence-electron chi connectivity index (χ1n) is 8.39. The maximum absolute atomic E-state index is 4.37. The van der Waals surface area contributed by atoms with Crippen molar-refractivity contribution < 1.29 is 0 Å². The molecule has 3 rings (SSSR count). The molecule has 1 aromatic heterocycles. The summed E-state index contributed by atoms with van der Waals surface area (Å²) in [5, 5.41) is 8.24. The van der Waals surface area contributed by atoms with Gasteiger partial charge in [0.05, 0.1) is 6.20 Å². The molecule has 0 aromatic carbocycles. The van der Waals surface area contributed by atoms with E-state index in [1.165, 1.54) is 56.2 Å². The summed E-state index contributed by atoms with van der Waals surface area (Å²) in [7, 11) is 2.03. The fourth-order valence-electron chi connectivity index (χ4n) is 4.41. The minimum Gasteiger partial charge on any atom is -0.307 e. The van der Waals surface area contributed by atoms with Crippen molar-refractivity contribution in [2.24, 2.45) is 18.9 Å². The predicted molar refractivity (Wildman–Crippen MR) is 82.6 cm³/mol. The van der Waals surface area contributed by atoms with Crippen LogP contribution in [0.2, 0.25) is 0 Å². The van der Waals surface area contributed by atoms with Crippen LogP contribution in [-0.2, 0) is 7.05 Å². The van der Waals surface area contributed by atoms with Crippen molar-refractivity contribution in [3.05, 3.63) is 17.5 Å². The van der Waals surface area contributed by atoms with E-state index in [0.717, 1.165) is 11.8 Å². The molecule has 112 valence electrons. The zero-order chi connectivity index (χ0) is 14.1. The van der Waals surface area contributed by atoms with Gasteiger partial charge in [-0.1, -0.05) is 25.7 Å². The molecule has 0 aliphatic heterocycles. The molecule has 20 heavy (non-hydrogen) atoms. The highest BCUT2D eigenvalue weighted by molar-refractivity contribution is 5.19. The molecule has 0 bridgehead atoms. The highest BCUT2D eigenvalue weighted by atomic mass is 15.3. The number of hydrogen-bond donors (Lipinski definition) is 1. The van der Waals surface area contributed by atoms with Crippen LogP contribution in [0.5, 0.6) is 0 Å². The standard InChI is InChI=1S/C17H29N3/c1-12(17-11-18-20(3)13(17)2)19-16-9-8-14-6-4-5-7-15(14)10-16/h11-12,14-16,19H,4-10H2,1-3H3. The average Bonchev–Trinajstić information content (AvgIpc) is 2.79. The highest BCUT2D eigenvalue weighted by Crippen LogP contribution is 2.40. The van der Waals surface area contributed by atoms with E-state index < -0.39 is 0 Å². The van der Waals surface area contributed by atoms with Crippen molar-refractivity contribution in [1.29, 1.82) is 0 Å². The summed E-state index contributed by atoms with van der Waals surface area (Å²) in [6.45, 7) is 4.45. The Balaban J connectivity index is 1.59. The van der Waals surface area contributed by atoms with Crippen LogP contribution in [0, 0.1) is 18.8 Å². The lowest BCUT2D eigenvalue weighted by Crippen LogP contribution is -2.39. The minimum atomic E-state index is 0.425.